The van der Waals surface area contributed by atoms with Crippen LogP contribution in [0.5, 0.6) is 0 Å². The van der Waals surface area contributed by atoms with E-state index in [1.54, 1.807) is 19.1 Å². The Kier molecular flexibility index (Phi) is 5.70. The van der Waals surface area contributed by atoms with Gasteiger partial charge in [0.1, 0.15) is 5.69 Å². The topological polar surface area (TPSA) is 83.4 Å². The Morgan fingerprint density at radius 1 is 1.18 bits per heavy atom. The molecule has 2 N–H and O–H groups in total. The number of alkyl halides is 2. The first-order valence-corrected chi connectivity index (χ1v) is 12.8. The van der Waals surface area contributed by atoms with E-state index in [1.807, 2.05) is 17.0 Å². The number of rotatable bonds is 5. The number of fused-ring (bicyclic) bond motifs is 1. The number of pyridine rings is 1. The normalized spacial score (nSPS) is 24.2. The summed E-state index contributed by atoms with van der Waals surface area (Å²) in [6.07, 6.45) is -0.236. The Labute approximate surface area is 199 Å². The van der Waals surface area contributed by atoms with Gasteiger partial charge in [-0.15, -0.1) is 0 Å². The van der Waals surface area contributed by atoms with Crippen LogP contribution in [0.15, 0.2) is 36.4 Å². The van der Waals surface area contributed by atoms with E-state index in [1.165, 1.54) is 15.7 Å². The lowest BCUT2D eigenvalue weighted by Crippen LogP contribution is -2.47. The summed E-state index contributed by atoms with van der Waals surface area (Å²) in [5.41, 5.74) is 3.13. The van der Waals surface area contributed by atoms with Crippen molar-refractivity contribution in [3.8, 4) is 11.3 Å². The van der Waals surface area contributed by atoms with Crippen LogP contribution >= 0.6 is 11.0 Å². The van der Waals surface area contributed by atoms with E-state index in [-0.39, 0.29) is 18.9 Å². The van der Waals surface area contributed by atoms with Crippen molar-refractivity contribution in [2.75, 3.05) is 48.4 Å². The first kappa shape index (κ1) is 23.3. The molecular formula is C23H29F2N5O3S. The molecule has 8 nitrogen and oxygen atoms in total. The zero-order chi connectivity index (χ0) is 24.3. The number of aromatic nitrogens is 1. The van der Waals surface area contributed by atoms with Crippen LogP contribution in [-0.2, 0) is 11.3 Å². The van der Waals surface area contributed by atoms with Crippen LogP contribution in [0.2, 0.25) is 0 Å². The minimum Gasteiger partial charge on any atom is -0.340 e. The molecule has 1 unspecified atom stereocenters. The fraction of sp³-hybridized carbons (Fsp3) is 0.478. The number of hydrogen-bond acceptors (Lipinski definition) is 7. The number of carbonyl (C=O) groups excluding carboxylic acids is 1. The van der Waals surface area contributed by atoms with Crippen molar-refractivity contribution in [1.82, 2.24) is 14.8 Å². The molecule has 1 atom stereocenters. The molecule has 5 rings (SSSR count). The van der Waals surface area contributed by atoms with E-state index in [2.05, 4.69) is 22.0 Å². The number of anilines is 2. The largest absolute Gasteiger partial charge is 0.340 e. The Morgan fingerprint density at radius 2 is 1.88 bits per heavy atom. The molecule has 11 heteroatoms. The zero-order valence-corrected chi connectivity index (χ0v) is 20.0. The standard InChI is InChI=1S/C23H29F2N5O3S/c1-16(31)29-10-8-28(9-11-29)14-17-4-3-5-18(12-17)20-6-7-21-22(26-20)27(2)34(32,33)30(21)15-19-13-23(19,24)25/h3-7,12,19,32-33H,8-11,13-15H2,1-2H3. The fourth-order valence-corrected chi connectivity index (χ4v) is 6.05. The second-order valence-electron chi connectivity index (χ2n) is 9.23. The van der Waals surface area contributed by atoms with E-state index in [0.717, 1.165) is 43.9 Å². The molecule has 3 heterocycles. The highest BCUT2D eigenvalue weighted by molar-refractivity contribution is 8.26. The average Bonchev–Trinajstić information content (AvgIpc) is 3.37. The molecule has 2 aliphatic heterocycles. The third kappa shape index (κ3) is 4.21. The maximum absolute atomic E-state index is 13.5. The Morgan fingerprint density at radius 3 is 2.53 bits per heavy atom. The molecular weight excluding hydrogens is 464 g/mol. The van der Waals surface area contributed by atoms with Gasteiger partial charge in [-0.1, -0.05) is 18.2 Å². The number of carbonyl (C=O) groups is 1. The van der Waals surface area contributed by atoms with Crippen molar-refractivity contribution in [2.24, 2.45) is 5.92 Å². The summed E-state index contributed by atoms with van der Waals surface area (Å²) in [6.45, 7) is 5.32. The fourth-order valence-electron chi connectivity index (χ4n) is 4.60. The highest BCUT2D eigenvalue weighted by Gasteiger charge is 2.59. The van der Waals surface area contributed by atoms with Gasteiger partial charge in [0.25, 0.3) is 5.92 Å². The molecule has 0 bridgehead atoms. The molecule has 1 aromatic heterocycles. The van der Waals surface area contributed by atoms with Gasteiger partial charge in [-0.25, -0.2) is 22.4 Å². The van der Waals surface area contributed by atoms with Crippen molar-refractivity contribution in [1.29, 1.82) is 0 Å². The van der Waals surface area contributed by atoms with Gasteiger partial charge in [0.2, 0.25) is 5.91 Å². The van der Waals surface area contributed by atoms with Crippen LogP contribution in [0.3, 0.4) is 0 Å². The maximum atomic E-state index is 13.5. The molecule has 0 radical (unpaired) electrons. The number of hydrogen-bond donors (Lipinski definition) is 2. The number of piperazine rings is 1. The first-order valence-electron chi connectivity index (χ1n) is 11.3. The second-order valence-corrected chi connectivity index (χ2v) is 11.2. The Hall–Kier alpha value is -2.47. The minimum absolute atomic E-state index is 0.107. The van der Waals surface area contributed by atoms with Gasteiger partial charge in [0.05, 0.1) is 5.69 Å². The molecule has 1 amide bonds. The lowest BCUT2D eigenvalue weighted by molar-refractivity contribution is -0.130. The summed E-state index contributed by atoms with van der Waals surface area (Å²) in [5, 5.41) is 0. The molecule has 1 saturated heterocycles. The smallest absolute Gasteiger partial charge is 0.253 e. The predicted octanol–water partition coefficient (Wildman–Crippen LogP) is 3.90. The molecule has 1 aliphatic carbocycles. The molecule has 2 fully saturated rings. The first-order chi connectivity index (χ1) is 16.1. The molecule has 184 valence electrons. The third-order valence-electron chi connectivity index (χ3n) is 6.87. The lowest BCUT2D eigenvalue weighted by atomic mass is 10.1. The van der Waals surface area contributed by atoms with Crippen molar-refractivity contribution in [3.63, 3.8) is 0 Å². The van der Waals surface area contributed by atoms with Crippen molar-refractivity contribution < 1.29 is 22.7 Å². The maximum Gasteiger partial charge on any atom is 0.253 e. The molecule has 1 aromatic carbocycles. The van der Waals surface area contributed by atoms with E-state index >= 15 is 0 Å². The van der Waals surface area contributed by atoms with Gasteiger partial charge in [-0.2, -0.15) is 0 Å². The van der Waals surface area contributed by atoms with Gasteiger partial charge < -0.3 is 4.90 Å². The highest BCUT2D eigenvalue weighted by Crippen LogP contribution is 2.62. The van der Waals surface area contributed by atoms with Gasteiger partial charge in [-0.3, -0.25) is 18.8 Å². The van der Waals surface area contributed by atoms with E-state index in [9.17, 15) is 22.7 Å². The average molecular weight is 494 g/mol. The van der Waals surface area contributed by atoms with Gasteiger partial charge >= 0.3 is 0 Å². The van der Waals surface area contributed by atoms with Crippen molar-refractivity contribution >= 4 is 28.4 Å². The number of benzene rings is 1. The molecule has 2 aromatic rings. The number of amides is 1. The summed E-state index contributed by atoms with van der Waals surface area (Å²) in [6, 6.07) is 11.5. The highest BCUT2D eigenvalue weighted by atomic mass is 32.3. The number of halogens is 2. The quantitative estimate of drug-likeness (QED) is 0.654. The molecule has 3 aliphatic rings. The Balaban J connectivity index is 1.34. The lowest BCUT2D eigenvalue weighted by Gasteiger charge is -2.41. The van der Waals surface area contributed by atoms with Crippen LogP contribution in [0.25, 0.3) is 11.3 Å². The van der Waals surface area contributed by atoms with Gasteiger partial charge in [-0.05, 0) is 34.7 Å². The molecule has 0 spiro atoms. The summed E-state index contributed by atoms with van der Waals surface area (Å²) < 4.78 is 50.9. The monoisotopic (exact) mass is 493 g/mol. The summed E-state index contributed by atoms with van der Waals surface area (Å²) in [5.74, 6) is -3.15. The number of nitrogens with zero attached hydrogens (tertiary/aromatic N) is 5. The van der Waals surface area contributed by atoms with Crippen LogP contribution < -0.4 is 8.61 Å². The van der Waals surface area contributed by atoms with Crippen LogP contribution in [0.4, 0.5) is 20.3 Å². The second kappa shape index (κ2) is 8.33. The third-order valence-corrected chi connectivity index (χ3v) is 8.72. The van der Waals surface area contributed by atoms with E-state index < -0.39 is 22.8 Å². The van der Waals surface area contributed by atoms with Crippen molar-refractivity contribution in [2.45, 2.75) is 25.8 Å². The summed E-state index contributed by atoms with van der Waals surface area (Å²) >= 11 is 0. The molecule has 1 saturated carbocycles. The van der Waals surface area contributed by atoms with Gasteiger partial charge in [0.15, 0.2) is 5.82 Å². The van der Waals surface area contributed by atoms with Crippen LogP contribution in [0, 0.1) is 5.92 Å². The zero-order valence-electron chi connectivity index (χ0n) is 19.2. The SMILES string of the molecule is CC(=O)N1CCN(Cc2cccc(-c3ccc4c(n3)N(C)S(O)(O)N4CC3CC3(F)F)c2)CC1. The predicted molar refractivity (Wildman–Crippen MR) is 129 cm³/mol. The van der Waals surface area contributed by atoms with Crippen LogP contribution in [-0.4, -0.2) is 75.5 Å². The molecule has 34 heavy (non-hydrogen) atoms. The summed E-state index contributed by atoms with van der Waals surface area (Å²) in [7, 11) is -1.91. The van der Waals surface area contributed by atoms with E-state index in [4.69, 9.17) is 0 Å². The van der Waals surface area contributed by atoms with E-state index in [0.29, 0.717) is 17.2 Å². The van der Waals surface area contributed by atoms with Crippen molar-refractivity contribution in [3.05, 3.63) is 42.0 Å². The van der Waals surface area contributed by atoms with Gasteiger partial charge in [0, 0.05) is 71.1 Å². The van der Waals surface area contributed by atoms with Crippen LogP contribution in [0.1, 0.15) is 18.9 Å². The summed E-state index contributed by atoms with van der Waals surface area (Å²) in [4.78, 5) is 20.4. The minimum atomic E-state index is -3.43. The Bertz CT molecular complexity index is 1110.